The number of nitrogens with one attached hydrogen (secondary N) is 1. The van der Waals surface area contributed by atoms with Crippen molar-refractivity contribution in [1.29, 1.82) is 0 Å². The lowest BCUT2D eigenvalue weighted by molar-refractivity contribution is 0.119. The van der Waals surface area contributed by atoms with Crippen molar-refractivity contribution in [2.24, 2.45) is 0 Å². The molecule has 0 aromatic heterocycles. The summed E-state index contributed by atoms with van der Waals surface area (Å²) in [6.45, 7) is 4.68. The van der Waals surface area contributed by atoms with E-state index >= 15 is 0 Å². The Morgan fingerprint density at radius 2 is 2.21 bits per heavy atom. The molecule has 0 aliphatic heterocycles. The van der Waals surface area contributed by atoms with Crippen LogP contribution in [0.25, 0.3) is 0 Å². The maximum Gasteiger partial charge on any atom is 0.0716 e. The predicted molar refractivity (Wildman–Crippen MR) is 59.4 cm³/mol. The first kappa shape index (κ1) is 11.2. The van der Waals surface area contributed by atoms with Crippen molar-refractivity contribution in [3.8, 4) is 0 Å². The zero-order valence-corrected chi connectivity index (χ0v) is 9.05. The Bertz CT molecular complexity index is 260. The van der Waals surface area contributed by atoms with Crippen molar-refractivity contribution in [2.45, 2.75) is 20.0 Å². The van der Waals surface area contributed by atoms with Crippen LogP contribution in [-0.4, -0.2) is 20.2 Å². The molecule has 1 aromatic rings. The van der Waals surface area contributed by atoms with Gasteiger partial charge in [0.15, 0.2) is 0 Å². The topological polar surface area (TPSA) is 21.3 Å². The number of hydrogen-bond acceptors (Lipinski definition) is 2. The van der Waals surface area contributed by atoms with E-state index in [1.165, 1.54) is 11.1 Å². The molecule has 0 atom stereocenters. The van der Waals surface area contributed by atoms with E-state index in [1.54, 1.807) is 0 Å². The first-order valence-corrected chi connectivity index (χ1v) is 5.11. The summed E-state index contributed by atoms with van der Waals surface area (Å²) >= 11 is 0. The summed E-state index contributed by atoms with van der Waals surface area (Å²) in [6.07, 6.45) is 1.07. The van der Waals surface area contributed by atoms with Crippen LogP contribution in [0.2, 0.25) is 0 Å². The van der Waals surface area contributed by atoms with Gasteiger partial charge in [0.1, 0.15) is 0 Å². The highest BCUT2D eigenvalue weighted by Gasteiger charge is 1.93. The van der Waals surface area contributed by atoms with E-state index in [0.29, 0.717) is 0 Å². The molecule has 1 aromatic carbocycles. The Hall–Kier alpha value is -0.860. The SMILES string of the molecule is CNCCCOCc1cccc(C)c1. The van der Waals surface area contributed by atoms with Crippen molar-refractivity contribution in [1.82, 2.24) is 5.32 Å². The van der Waals surface area contributed by atoms with E-state index in [9.17, 15) is 0 Å². The van der Waals surface area contributed by atoms with Crippen LogP contribution in [0.5, 0.6) is 0 Å². The molecule has 0 spiro atoms. The van der Waals surface area contributed by atoms with Crippen molar-refractivity contribution in [2.75, 3.05) is 20.2 Å². The Balaban J connectivity index is 2.18. The lowest BCUT2D eigenvalue weighted by Gasteiger charge is -2.04. The Morgan fingerprint density at radius 1 is 1.36 bits per heavy atom. The van der Waals surface area contributed by atoms with E-state index < -0.39 is 0 Å². The molecule has 2 nitrogen and oxygen atoms in total. The monoisotopic (exact) mass is 193 g/mol. The van der Waals surface area contributed by atoms with E-state index in [4.69, 9.17) is 4.74 Å². The van der Waals surface area contributed by atoms with Crippen LogP contribution in [-0.2, 0) is 11.3 Å². The average molecular weight is 193 g/mol. The molecular formula is C12H19NO. The zero-order valence-electron chi connectivity index (χ0n) is 9.05. The summed E-state index contributed by atoms with van der Waals surface area (Å²) in [5.74, 6) is 0. The zero-order chi connectivity index (χ0) is 10.2. The normalized spacial score (nSPS) is 10.4. The van der Waals surface area contributed by atoms with Crippen LogP contribution < -0.4 is 5.32 Å². The summed E-state index contributed by atoms with van der Waals surface area (Å²) in [4.78, 5) is 0. The van der Waals surface area contributed by atoms with Gasteiger partial charge in [-0.1, -0.05) is 29.8 Å². The quantitative estimate of drug-likeness (QED) is 0.699. The fourth-order valence-electron chi connectivity index (χ4n) is 1.34. The lowest BCUT2D eigenvalue weighted by Crippen LogP contribution is -2.10. The highest BCUT2D eigenvalue weighted by molar-refractivity contribution is 5.21. The first-order chi connectivity index (χ1) is 6.83. The molecule has 2 heteroatoms. The highest BCUT2D eigenvalue weighted by atomic mass is 16.5. The molecule has 0 bridgehead atoms. The molecule has 0 fully saturated rings. The first-order valence-electron chi connectivity index (χ1n) is 5.11. The van der Waals surface area contributed by atoms with Crippen LogP contribution in [0.3, 0.4) is 0 Å². The Labute approximate surface area is 86.3 Å². The molecule has 14 heavy (non-hydrogen) atoms. The summed E-state index contributed by atoms with van der Waals surface area (Å²) < 4.78 is 5.54. The van der Waals surface area contributed by atoms with Gasteiger partial charge >= 0.3 is 0 Å². The molecule has 0 heterocycles. The molecular weight excluding hydrogens is 174 g/mol. The average Bonchev–Trinajstić information content (AvgIpc) is 2.18. The van der Waals surface area contributed by atoms with Gasteiger partial charge < -0.3 is 10.1 Å². The van der Waals surface area contributed by atoms with Gasteiger partial charge in [-0.25, -0.2) is 0 Å². The molecule has 0 amide bonds. The van der Waals surface area contributed by atoms with Gasteiger partial charge in [-0.2, -0.15) is 0 Å². The van der Waals surface area contributed by atoms with Crippen LogP contribution in [0.1, 0.15) is 17.5 Å². The van der Waals surface area contributed by atoms with Gasteiger partial charge in [-0.3, -0.25) is 0 Å². The summed E-state index contributed by atoms with van der Waals surface area (Å²) in [5, 5.41) is 3.10. The molecule has 1 rings (SSSR count). The fourth-order valence-corrected chi connectivity index (χ4v) is 1.34. The molecule has 1 N–H and O–H groups in total. The third-order valence-electron chi connectivity index (χ3n) is 2.07. The third kappa shape index (κ3) is 4.40. The minimum absolute atomic E-state index is 0.728. The van der Waals surface area contributed by atoms with Crippen molar-refractivity contribution in [3.63, 3.8) is 0 Å². The molecule has 0 saturated carbocycles. The van der Waals surface area contributed by atoms with Crippen LogP contribution in [0.4, 0.5) is 0 Å². The minimum Gasteiger partial charge on any atom is -0.377 e. The number of rotatable bonds is 6. The van der Waals surface area contributed by atoms with E-state index in [1.807, 2.05) is 7.05 Å². The third-order valence-corrected chi connectivity index (χ3v) is 2.07. The number of hydrogen-bond donors (Lipinski definition) is 1. The molecule has 0 radical (unpaired) electrons. The molecule has 78 valence electrons. The Kier molecular flexibility index (Phi) is 5.27. The largest absolute Gasteiger partial charge is 0.377 e. The van der Waals surface area contributed by atoms with Gasteiger partial charge in [-0.05, 0) is 32.5 Å². The van der Waals surface area contributed by atoms with Gasteiger partial charge in [0.2, 0.25) is 0 Å². The van der Waals surface area contributed by atoms with Crippen molar-refractivity contribution < 1.29 is 4.74 Å². The van der Waals surface area contributed by atoms with Crippen molar-refractivity contribution in [3.05, 3.63) is 35.4 Å². The van der Waals surface area contributed by atoms with Gasteiger partial charge in [0.05, 0.1) is 6.61 Å². The van der Waals surface area contributed by atoms with Crippen LogP contribution in [0.15, 0.2) is 24.3 Å². The van der Waals surface area contributed by atoms with E-state index in [2.05, 4.69) is 36.5 Å². The summed E-state index contributed by atoms with van der Waals surface area (Å²) in [5.41, 5.74) is 2.55. The highest BCUT2D eigenvalue weighted by Crippen LogP contribution is 2.05. The maximum absolute atomic E-state index is 5.54. The van der Waals surface area contributed by atoms with Gasteiger partial charge in [0.25, 0.3) is 0 Å². The summed E-state index contributed by atoms with van der Waals surface area (Å²) in [7, 11) is 1.96. The summed E-state index contributed by atoms with van der Waals surface area (Å²) in [6, 6.07) is 8.44. The molecule has 0 aliphatic rings. The van der Waals surface area contributed by atoms with Crippen molar-refractivity contribution >= 4 is 0 Å². The number of ether oxygens (including phenoxy) is 1. The van der Waals surface area contributed by atoms with E-state index in [0.717, 1.165) is 26.2 Å². The lowest BCUT2D eigenvalue weighted by atomic mass is 10.1. The van der Waals surface area contributed by atoms with Crippen LogP contribution in [0, 0.1) is 6.92 Å². The maximum atomic E-state index is 5.54. The minimum atomic E-state index is 0.728. The standard InChI is InChI=1S/C12H19NO/c1-11-5-3-6-12(9-11)10-14-8-4-7-13-2/h3,5-6,9,13H,4,7-8,10H2,1-2H3. The van der Waals surface area contributed by atoms with Gasteiger partial charge in [-0.15, -0.1) is 0 Å². The predicted octanol–water partition coefficient (Wildman–Crippen LogP) is 2.12. The second-order valence-electron chi connectivity index (χ2n) is 3.50. The fraction of sp³-hybridized carbons (Fsp3) is 0.500. The number of benzene rings is 1. The molecule has 0 saturated heterocycles. The van der Waals surface area contributed by atoms with Gasteiger partial charge in [0, 0.05) is 6.61 Å². The second-order valence-corrected chi connectivity index (χ2v) is 3.50. The van der Waals surface area contributed by atoms with E-state index in [-0.39, 0.29) is 0 Å². The second kappa shape index (κ2) is 6.57. The number of aryl methyl sites for hydroxylation is 1. The molecule has 0 unspecified atom stereocenters. The molecule has 0 aliphatic carbocycles. The Morgan fingerprint density at radius 3 is 2.93 bits per heavy atom. The smallest absolute Gasteiger partial charge is 0.0716 e. The van der Waals surface area contributed by atoms with Crippen LogP contribution >= 0.6 is 0 Å².